The first-order chi connectivity index (χ1) is 11.4. The lowest BCUT2D eigenvalue weighted by Crippen LogP contribution is -2.41. The van der Waals surface area contributed by atoms with Crippen molar-refractivity contribution >= 4 is 23.6 Å². The molecule has 0 unspecified atom stereocenters. The second-order valence-electron chi connectivity index (χ2n) is 6.39. The van der Waals surface area contributed by atoms with Gasteiger partial charge >= 0.3 is 0 Å². The molecule has 0 aromatic heterocycles. The second kappa shape index (κ2) is 8.97. The zero-order valence-electron chi connectivity index (χ0n) is 14.6. The summed E-state index contributed by atoms with van der Waals surface area (Å²) in [4.78, 5) is 25.1. The molecule has 132 valence electrons. The molecule has 1 atom stereocenters. The molecule has 5 nitrogen and oxygen atoms in total. The van der Waals surface area contributed by atoms with Crippen LogP contribution >= 0.6 is 11.8 Å². The van der Waals surface area contributed by atoms with E-state index in [0.717, 1.165) is 18.6 Å². The number of carbonyl (C=O) groups excluding carboxylic acids is 2. The van der Waals surface area contributed by atoms with Gasteiger partial charge < -0.3 is 15.0 Å². The Morgan fingerprint density at radius 2 is 2.00 bits per heavy atom. The van der Waals surface area contributed by atoms with Crippen LogP contribution in [0.15, 0.2) is 24.3 Å². The first-order valence-electron chi connectivity index (χ1n) is 8.34. The largest absolute Gasteiger partial charge is 0.491 e. The number of aryl methyl sites for hydroxylation is 1. The monoisotopic (exact) mass is 350 g/mol. The highest BCUT2D eigenvalue weighted by molar-refractivity contribution is 8.00. The first kappa shape index (κ1) is 18.6. The van der Waals surface area contributed by atoms with Crippen LogP contribution in [-0.2, 0) is 16.0 Å². The summed E-state index contributed by atoms with van der Waals surface area (Å²) in [6.07, 6.45) is 1.92. The fraction of sp³-hybridized carbons (Fsp3) is 0.556. The second-order valence-corrected chi connectivity index (χ2v) is 7.34. The molecule has 0 bridgehead atoms. The van der Waals surface area contributed by atoms with Crippen LogP contribution in [0, 0.1) is 0 Å². The molecule has 0 aliphatic carbocycles. The molecule has 24 heavy (non-hydrogen) atoms. The average Bonchev–Trinajstić information content (AvgIpc) is 2.91. The summed E-state index contributed by atoms with van der Waals surface area (Å²) in [6.45, 7) is 6.17. The lowest BCUT2D eigenvalue weighted by Gasteiger charge is -2.18. The Labute approximate surface area is 148 Å². The molecule has 1 saturated heterocycles. The number of amides is 2. The van der Waals surface area contributed by atoms with E-state index in [-0.39, 0.29) is 30.5 Å². The summed E-state index contributed by atoms with van der Waals surface area (Å²) in [5.41, 5.74) is 1.22. The van der Waals surface area contributed by atoms with Gasteiger partial charge in [0.25, 0.3) is 0 Å². The van der Waals surface area contributed by atoms with Crippen LogP contribution in [0.3, 0.4) is 0 Å². The van der Waals surface area contributed by atoms with E-state index >= 15 is 0 Å². The van der Waals surface area contributed by atoms with Crippen LogP contribution in [0.1, 0.15) is 32.8 Å². The Hall–Kier alpha value is -1.69. The van der Waals surface area contributed by atoms with Crippen LogP contribution < -0.4 is 10.1 Å². The van der Waals surface area contributed by atoms with Crippen LogP contribution in [0.25, 0.3) is 0 Å². The highest BCUT2D eigenvalue weighted by atomic mass is 32.2. The summed E-state index contributed by atoms with van der Waals surface area (Å²) in [6, 6.07) is 8.16. The van der Waals surface area contributed by atoms with Gasteiger partial charge in [-0.25, -0.2) is 0 Å². The van der Waals surface area contributed by atoms with Crippen molar-refractivity contribution in [3.8, 4) is 5.75 Å². The van der Waals surface area contributed by atoms with Gasteiger partial charge in [-0.15, -0.1) is 11.8 Å². The number of hydrogen-bond acceptors (Lipinski definition) is 4. The minimum atomic E-state index is -0.0842. The van der Waals surface area contributed by atoms with Crippen LogP contribution in [0.5, 0.6) is 5.75 Å². The van der Waals surface area contributed by atoms with Gasteiger partial charge in [0.05, 0.1) is 17.7 Å². The standard InChI is InChI=1S/C18H26N2O3S/c1-13(2)23-16-8-6-15(7-9-16)5-4-14(3)19-17(21)10-20-12-24-11-18(20)22/h6-9,13-14H,4-5,10-12H2,1-3H3,(H,19,21)/t14-/m1/s1. The van der Waals surface area contributed by atoms with Crippen molar-refractivity contribution in [1.82, 2.24) is 10.2 Å². The van der Waals surface area contributed by atoms with Crippen molar-refractivity contribution in [2.45, 2.75) is 45.8 Å². The van der Waals surface area contributed by atoms with E-state index in [4.69, 9.17) is 4.74 Å². The van der Waals surface area contributed by atoms with Gasteiger partial charge in [-0.1, -0.05) is 12.1 Å². The number of nitrogens with zero attached hydrogens (tertiary/aromatic N) is 1. The van der Waals surface area contributed by atoms with Gasteiger partial charge in [0.15, 0.2) is 0 Å². The van der Waals surface area contributed by atoms with Gasteiger partial charge in [0.2, 0.25) is 11.8 Å². The Morgan fingerprint density at radius 1 is 1.29 bits per heavy atom. The fourth-order valence-corrected chi connectivity index (χ4v) is 3.40. The number of benzene rings is 1. The molecular formula is C18H26N2O3S. The predicted molar refractivity (Wildman–Crippen MR) is 97.2 cm³/mol. The molecule has 1 fully saturated rings. The summed E-state index contributed by atoms with van der Waals surface area (Å²) in [7, 11) is 0. The molecule has 2 amide bonds. The molecule has 0 saturated carbocycles. The molecule has 1 aromatic carbocycles. The average molecular weight is 350 g/mol. The number of ether oxygens (including phenoxy) is 1. The highest BCUT2D eigenvalue weighted by Gasteiger charge is 2.23. The third kappa shape index (κ3) is 6.07. The number of nitrogens with one attached hydrogen (secondary N) is 1. The van der Waals surface area contributed by atoms with E-state index in [0.29, 0.717) is 11.6 Å². The molecule has 1 aliphatic heterocycles. The molecule has 1 N–H and O–H groups in total. The van der Waals surface area contributed by atoms with E-state index in [2.05, 4.69) is 17.4 Å². The highest BCUT2D eigenvalue weighted by Crippen LogP contribution is 2.16. The normalized spacial score (nSPS) is 15.7. The summed E-state index contributed by atoms with van der Waals surface area (Å²) in [5, 5.41) is 2.97. The maximum atomic E-state index is 12.0. The minimum Gasteiger partial charge on any atom is -0.491 e. The molecule has 6 heteroatoms. The maximum Gasteiger partial charge on any atom is 0.239 e. The van der Waals surface area contributed by atoms with E-state index in [9.17, 15) is 9.59 Å². The van der Waals surface area contributed by atoms with Crippen LogP contribution in [0.2, 0.25) is 0 Å². The smallest absolute Gasteiger partial charge is 0.239 e. The summed E-state index contributed by atoms with van der Waals surface area (Å²) >= 11 is 1.55. The molecule has 2 rings (SSSR count). The van der Waals surface area contributed by atoms with Crippen molar-refractivity contribution in [2.24, 2.45) is 0 Å². The predicted octanol–water partition coefficient (Wildman–Crippen LogP) is 2.44. The van der Waals surface area contributed by atoms with Gasteiger partial charge in [-0.3, -0.25) is 9.59 Å². The van der Waals surface area contributed by atoms with Crippen molar-refractivity contribution < 1.29 is 14.3 Å². The molecule has 1 aromatic rings. The van der Waals surface area contributed by atoms with Crippen LogP contribution in [-0.4, -0.2) is 47.0 Å². The van der Waals surface area contributed by atoms with E-state index < -0.39 is 0 Å². The number of thioether (sulfide) groups is 1. The topological polar surface area (TPSA) is 58.6 Å². The lowest BCUT2D eigenvalue weighted by molar-refractivity contribution is -0.132. The maximum absolute atomic E-state index is 12.0. The first-order valence-corrected chi connectivity index (χ1v) is 9.50. The molecule has 1 aliphatic rings. The van der Waals surface area contributed by atoms with E-state index in [1.54, 1.807) is 16.7 Å². The van der Waals surface area contributed by atoms with Crippen molar-refractivity contribution in [3.05, 3.63) is 29.8 Å². The minimum absolute atomic E-state index is 0.0477. The molecule has 1 heterocycles. The van der Waals surface area contributed by atoms with Gasteiger partial charge in [-0.2, -0.15) is 0 Å². The zero-order chi connectivity index (χ0) is 17.5. The fourth-order valence-electron chi connectivity index (χ4n) is 2.50. The van der Waals surface area contributed by atoms with Gasteiger partial charge in [0, 0.05) is 6.04 Å². The van der Waals surface area contributed by atoms with Gasteiger partial charge in [0.1, 0.15) is 12.3 Å². The Bertz CT molecular complexity index is 560. The summed E-state index contributed by atoms with van der Waals surface area (Å²) in [5.74, 6) is 1.94. The number of hydrogen-bond donors (Lipinski definition) is 1. The van der Waals surface area contributed by atoms with Crippen molar-refractivity contribution in [3.63, 3.8) is 0 Å². The lowest BCUT2D eigenvalue weighted by atomic mass is 10.1. The van der Waals surface area contributed by atoms with E-state index in [1.807, 2.05) is 32.9 Å². The van der Waals surface area contributed by atoms with Crippen molar-refractivity contribution in [1.29, 1.82) is 0 Å². The SMILES string of the molecule is CC(C)Oc1ccc(CC[C@@H](C)NC(=O)CN2CSCC2=O)cc1. The molecule has 0 radical (unpaired) electrons. The summed E-state index contributed by atoms with van der Waals surface area (Å²) < 4.78 is 5.63. The van der Waals surface area contributed by atoms with Crippen molar-refractivity contribution in [2.75, 3.05) is 18.2 Å². The van der Waals surface area contributed by atoms with Crippen LogP contribution in [0.4, 0.5) is 0 Å². The molecular weight excluding hydrogens is 324 g/mol. The molecule has 0 spiro atoms. The number of carbonyl (C=O) groups is 2. The third-order valence-electron chi connectivity index (χ3n) is 3.73. The van der Waals surface area contributed by atoms with Gasteiger partial charge in [-0.05, 0) is 51.3 Å². The Balaban J connectivity index is 1.71. The number of rotatable bonds is 8. The zero-order valence-corrected chi connectivity index (χ0v) is 15.4. The Morgan fingerprint density at radius 3 is 2.58 bits per heavy atom. The quantitative estimate of drug-likeness (QED) is 0.782. The Kier molecular flexibility index (Phi) is 6.97. The van der Waals surface area contributed by atoms with E-state index in [1.165, 1.54) is 5.56 Å². The third-order valence-corrected chi connectivity index (χ3v) is 4.67.